The molecule has 0 saturated heterocycles. The lowest BCUT2D eigenvalue weighted by atomic mass is 10.1. The lowest BCUT2D eigenvalue weighted by molar-refractivity contribution is 0.0310. The van der Waals surface area contributed by atoms with E-state index in [-0.39, 0.29) is 11.6 Å². The number of rotatable bonds is 10. The van der Waals surface area contributed by atoms with Gasteiger partial charge < -0.3 is 29.7 Å². The normalized spacial score (nSPS) is 13.4. The quantitative estimate of drug-likeness (QED) is 0.480. The van der Waals surface area contributed by atoms with E-state index in [4.69, 9.17) is 14.2 Å². The van der Waals surface area contributed by atoms with Gasteiger partial charge in [0.05, 0.1) is 32.4 Å². The lowest BCUT2D eigenvalue weighted by Gasteiger charge is -2.27. The van der Waals surface area contributed by atoms with Crippen LogP contribution in [0.1, 0.15) is 32.4 Å². The second-order valence-corrected chi connectivity index (χ2v) is 7.13. The molecule has 0 aliphatic carbocycles. The maximum atomic E-state index is 5.45. The van der Waals surface area contributed by atoms with Gasteiger partial charge in [0.2, 0.25) is 0 Å². The summed E-state index contributed by atoms with van der Waals surface area (Å²) in [6.07, 6.45) is 0. The molecule has 0 bridgehead atoms. The second-order valence-electron chi connectivity index (χ2n) is 7.13. The summed E-state index contributed by atoms with van der Waals surface area (Å²) in [4.78, 5) is 6.81. The van der Waals surface area contributed by atoms with Crippen molar-refractivity contribution >= 4 is 5.96 Å². The van der Waals surface area contributed by atoms with E-state index in [0.717, 1.165) is 29.6 Å². The van der Waals surface area contributed by atoms with Crippen LogP contribution in [0.25, 0.3) is 0 Å². The van der Waals surface area contributed by atoms with Gasteiger partial charge in [-0.15, -0.1) is 0 Å². The van der Waals surface area contributed by atoms with Crippen LogP contribution in [0.2, 0.25) is 0 Å². The molecule has 154 valence electrons. The van der Waals surface area contributed by atoms with Gasteiger partial charge in [0.25, 0.3) is 0 Å². The minimum Gasteiger partial charge on any atom is -0.493 e. The van der Waals surface area contributed by atoms with E-state index < -0.39 is 0 Å². The Morgan fingerprint density at radius 3 is 2.30 bits per heavy atom. The number of benzene rings is 1. The molecule has 0 aromatic heterocycles. The van der Waals surface area contributed by atoms with E-state index in [1.165, 1.54) is 0 Å². The maximum absolute atomic E-state index is 5.45. The van der Waals surface area contributed by atoms with Crippen LogP contribution in [0.5, 0.6) is 11.5 Å². The molecule has 1 unspecified atom stereocenters. The lowest BCUT2D eigenvalue weighted by Crippen LogP contribution is -2.42. The number of hydrogen-bond acceptors (Lipinski definition) is 5. The molecule has 0 radical (unpaired) electrons. The Morgan fingerprint density at radius 1 is 1.11 bits per heavy atom. The molecule has 0 spiro atoms. The average molecular weight is 381 g/mol. The van der Waals surface area contributed by atoms with Crippen LogP contribution in [-0.4, -0.2) is 71.5 Å². The number of nitrogens with zero attached hydrogens (tertiary/aromatic N) is 2. The van der Waals surface area contributed by atoms with Gasteiger partial charge in [-0.1, -0.05) is 6.07 Å². The predicted octanol–water partition coefficient (Wildman–Crippen LogP) is 2.29. The van der Waals surface area contributed by atoms with E-state index in [2.05, 4.69) is 47.6 Å². The van der Waals surface area contributed by atoms with Gasteiger partial charge in [0.15, 0.2) is 17.5 Å². The molecule has 1 rings (SSSR count). The third kappa shape index (κ3) is 7.27. The molecule has 1 atom stereocenters. The largest absolute Gasteiger partial charge is 0.493 e. The number of aliphatic imine (C=N–C) groups is 1. The van der Waals surface area contributed by atoms with Crippen molar-refractivity contribution in [3.05, 3.63) is 23.8 Å². The highest BCUT2D eigenvalue weighted by atomic mass is 16.5. The Labute approximate surface area is 164 Å². The second kappa shape index (κ2) is 11.0. The minimum atomic E-state index is -0.299. The fraction of sp³-hybridized carbons (Fsp3) is 0.650. The van der Waals surface area contributed by atoms with Crippen LogP contribution in [0.3, 0.4) is 0 Å². The van der Waals surface area contributed by atoms with Gasteiger partial charge in [-0.3, -0.25) is 4.99 Å². The molecule has 0 fully saturated rings. The summed E-state index contributed by atoms with van der Waals surface area (Å²) in [6, 6.07) is 6.16. The molecule has 1 aromatic rings. The van der Waals surface area contributed by atoms with Gasteiger partial charge >= 0.3 is 0 Å². The number of hydrogen-bond donors (Lipinski definition) is 2. The molecule has 7 heteroatoms. The summed E-state index contributed by atoms with van der Waals surface area (Å²) in [5.74, 6) is 2.22. The summed E-state index contributed by atoms with van der Waals surface area (Å²) in [5.41, 5.74) is 0.838. The summed E-state index contributed by atoms with van der Waals surface area (Å²) in [6.45, 7) is 8.15. The van der Waals surface area contributed by atoms with Gasteiger partial charge in [0, 0.05) is 20.2 Å². The zero-order valence-electron chi connectivity index (χ0n) is 18.0. The first-order valence-electron chi connectivity index (χ1n) is 9.23. The van der Waals surface area contributed by atoms with Crippen molar-refractivity contribution in [1.82, 2.24) is 15.5 Å². The van der Waals surface area contributed by atoms with E-state index in [0.29, 0.717) is 13.1 Å². The summed E-state index contributed by atoms with van der Waals surface area (Å²) >= 11 is 0. The topological polar surface area (TPSA) is 67.4 Å². The predicted molar refractivity (Wildman–Crippen MR) is 111 cm³/mol. The Bertz CT molecular complexity index is 603. The molecule has 7 nitrogen and oxygen atoms in total. The molecule has 0 saturated carbocycles. The van der Waals surface area contributed by atoms with Gasteiger partial charge in [-0.2, -0.15) is 0 Å². The van der Waals surface area contributed by atoms with Crippen molar-refractivity contribution in [2.45, 2.75) is 32.4 Å². The van der Waals surface area contributed by atoms with E-state index in [1.54, 1.807) is 21.3 Å². The smallest absolute Gasteiger partial charge is 0.191 e. The zero-order valence-corrected chi connectivity index (χ0v) is 18.0. The van der Waals surface area contributed by atoms with Gasteiger partial charge in [0.1, 0.15) is 0 Å². The van der Waals surface area contributed by atoms with Crippen molar-refractivity contribution in [2.24, 2.45) is 4.99 Å². The zero-order chi connectivity index (χ0) is 20.4. The van der Waals surface area contributed by atoms with Gasteiger partial charge in [-0.25, -0.2) is 0 Å². The molecule has 2 N–H and O–H groups in total. The van der Waals surface area contributed by atoms with Crippen LogP contribution >= 0.6 is 0 Å². The number of ether oxygens (including phenoxy) is 3. The van der Waals surface area contributed by atoms with Crippen molar-refractivity contribution in [2.75, 3.05) is 55.1 Å². The van der Waals surface area contributed by atoms with Crippen LogP contribution in [0, 0.1) is 0 Å². The third-order valence-corrected chi connectivity index (χ3v) is 4.39. The molecule has 0 aliphatic heterocycles. The monoisotopic (exact) mass is 380 g/mol. The Hall–Kier alpha value is -1.99. The van der Waals surface area contributed by atoms with Crippen molar-refractivity contribution in [3.63, 3.8) is 0 Å². The van der Waals surface area contributed by atoms with E-state index in [1.807, 2.05) is 26.0 Å². The molecular formula is C20H36N4O3. The van der Waals surface area contributed by atoms with Crippen molar-refractivity contribution < 1.29 is 14.2 Å². The average Bonchev–Trinajstić information content (AvgIpc) is 2.65. The van der Waals surface area contributed by atoms with Gasteiger partial charge in [-0.05, 0) is 52.6 Å². The van der Waals surface area contributed by atoms with E-state index in [9.17, 15) is 0 Å². The highest BCUT2D eigenvalue weighted by Crippen LogP contribution is 2.31. The highest BCUT2D eigenvalue weighted by Gasteiger charge is 2.19. The summed E-state index contributed by atoms with van der Waals surface area (Å²) in [7, 11) is 9.11. The van der Waals surface area contributed by atoms with Crippen molar-refractivity contribution in [3.8, 4) is 11.5 Å². The number of nitrogens with one attached hydrogen (secondary N) is 2. The molecule has 0 heterocycles. The highest BCUT2D eigenvalue weighted by molar-refractivity contribution is 5.79. The molecular weight excluding hydrogens is 344 g/mol. The van der Waals surface area contributed by atoms with Crippen LogP contribution < -0.4 is 20.1 Å². The maximum Gasteiger partial charge on any atom is 0.191 e. The standard InChI is InChI=1S/C20H36N4O3/c1-9-21-19(23-14-20(2,3)27-8)22-13-16(24(4)5)15-10-11-17(25-6)18(12-15)26-7/h10-12,16H,9,13-14H2,1-8H3,(H2,21,22,23). The summed E-state index contributed by atoms with van der Waals surface area (Å²) in [5, 5.41) is 6.72. The number of guanidine groups is 1. The van der Waals surface area contributed by atoms with Crippen LogP contribution in [0.15, 0.2) is 23.2 Å². The fourth-order valence-corrected chi connectivity index (χ4v) is 2.53. The SMILES string of the molecule is CCNC(=NCC(C)(C)OC)NCC(c1ccc(OC)c(OC)c1)N(C)C. The number of likely N-dealkylation sites (N-methyl/N-ethyl adjacent to an activating group) is 1. The third-order valence-electron chi connectivity index (χ3n) is 4.39. The first-order chi connectivity index (χ1) is 12.8. The Morgan fingerprint density at radius 2 is 1.78 bits per heavy atom. The summed E-state index contributed by atoms with van der Waals surface area (Å²) < 4.78 is 16.2. The van der Waals surface area contributed by atoms with Crippen molar-refractivity contribution in [1.29, 1.82) is 0 Å². The van der Waals surface area contributed by atoms with E-state index >= 15 is 0 Å². The first kappa shape index (κ1) is 23.0. The Kier molecular flexibility index (Phi) is 9.38. The fourth-order valence-electron chi connectivity index (χ4n) is 2.53. The molecule has 0 aliphatic rings. The number of methoxy groups -OCH3 is 3. The molecule has 1 aromatic carbocycles. The van der Waals surface area contributed by atoms with Crippen LogP contribution in [-0.2, 0) is 4.74 Å². The molecule has 0 amide bonds. The molecule has 27 heavy (non-hydrogen) atoms. The Balaban J connectivity index is 2.94. The van der Waals surface area contributed by atoms with Crippen LogP contribution in [0.4, 0.5) is 0 Å². The minimum absolute atomic E-state index is 0.143. The first-order valence-corrected chi connectivity index (χ1v) is 9.23.